The van der Waals surface area contributed by atoms with Crippen molar-refractivity contribution in [3.63, 3.8) is 0 Å². The molecule has 0 radical (unpaired) electrons. The normalized spacial score (nSPS) is 23.5. The third-order valence-corrected chi connectivity index (χ3v) is 3.70. The molecule has 19 heavy (non-hydrogen) atoms. The van der Waals surface area contributed by atoms with E-state index in [0.29, 0.717) is 6.61 Å². The van der Waals surface area contributed by atoms with Gasteiger partial charge in [-0.25, -0.2) is 0 Å². The molecule has 2 rings (SSSR count). The summed E-state index contributed by atoms with van der Waals surface area (Å²) >= 11 is 0. The lowest BCUT2D eigenvalue weighted by Gasteiger charge is -2.36. The van der Waals surface area contributed by atoms with Gasteiger partial charge in [-0.1, -0.05) is 13.0 Å². The second-order valence-electron chi connectivity index (χ2n) is 5.26. The van der Waals surface area contributed by atoms with Crippen molar-refractivity contribution < 1.29 is 9.53 Å². The predicted octanol–water partition coefficient (Wildman–Crippen LogP) is 1.90. The number of carbonyl (C=O) groups is 1. The number of rotatable bonds is 6. The molecule has 1 unspecified atom stereocenters. The first-order valence-corrected chi connectivity index (χ1v) is 6.94. The standard InChI is InChI=1S/C15H22N2O2/c1-2-17(10-14-6-3-4-8-16-14)11-15(12-18)7-5-9-19-13-15/h3-4,6,8,12H,2,5,7,9-11,13H2,1H3. The monoisotopic (exact) mass is 262 g/mol. The zero-order valence-electron chi connectivity index (χ0n) is 11.5. The molecular weight excluding hydrogens is 240 g/mol. The van der Waals surface area contributed by atoms with Gasteiger partial charge >= 0.3 is 0 Å². The molecule has 104 valence electrons. The maximum atomic E-state index is 11.5. The number of ether oxygens (including phenoxy) is 1. The van der Waals surface area contributed by atoms with Crippen LogP contribution in [-0.2, 0) is 16.1 Å². The van der Waals surface area contributed by atoms with E-state index < -0.39 is 0 Å². The number of nitrogens with zero attached hydrogens (tertiary/aromatic N) is 2. The quantitative estimate of drug-likeness (QED) is 0.734. The van der Waals surface area contributed by atoms with E-state index in [-0.39, 0.29) is 5.41 Å². The Morgan fingerprint density at radius 3 is 3.00 bits per heavy atom. The highest BCUT2D eigenvalue weighted by Crippen LogP contribution is 2.27. The number of hydrogen-bond donors (Lipinski definition) is 0. The second-order valence-corrected chi connectivity index (χ2v) is 5.26. The summed E-state index contributed by atoms with van der Waals surface area (Å²) in [5, 5.41) is 0. The van der Waals surface area contributed by atoms with Gasteiger partial charge in [-0.15, -0.1) is 0 Å². The molecular formula is C15H22N2O2. The fourth-order valence-electron chi connectivity index (χ4n) is 2.57. The Balaban J connectivity index is 1.99. The van der Waals surface area contributed by atoms with Gasteiger partial charge in [0, 0.05) is 25.9 Å². The third-order valence-electron chi connectivity index (χ3n) is 3.70. The minimum atomic E-state index is -0.330. The zero-order valence-corrected chi connectivity index (χ0v) is 11.5. The summed E-state index contributed by atoms with van der Waals surface area (Å²) in [6, 6.07) is 5.94. The van der Waals surface area contributed by atoms with Crippen LogP contribution in [0.5, 0.6) is 0 Å². The van der Waals surface area contributed by atoms with Gasteiger partial charge in [0.1, 0.15) is 6.29 Å². The van der Waals surface area contributed by atoms with Crippen LogP contribution in [0.3, 0.4) is 0 Å². The molecule has 1 saturated heterocycles. The maximum absolute atomic E-state index is 11.5. The highest BCUT2D eigenvalue weighted by molar-refractivity contribution is 5.60. The number of hydrogen-bond acceptors (Lipinski definition) is 4. The summed E-state index contributed by atoms with van der Waals surface area (Å²) in [4.78, 5) is 18.1. The summed E-state index contributed by atoms with van der Waals surface area (Å²) in [6.45, 7) is 5.89. The molecule has 1 aromatic heterocycles. The van der Waals surface area contributed by atoms with Crippen molar-refractivity contribution in [3.05, 3.63) is 30.1 Å². The molecule has 1 aliphatic heterocycles. The van der Waals surface area contributed by atoms with E-state index in [4.69, 9.17) is 4.74 Å². The molecule has 1 aromatic rings. The van der Waals surface area contributed by atoms with Crippen LogP contribution in [0.4, 0.5) is 0 Å². The minimum absolute atomic E-state index is 0.330. The SMILES string of the molecule is CCN(Cc1ccccn1)CC1(C=O)CCCOC1. The van der Waals surface area contributed by atoms with E-state index >= 15 is 0 Å². The fraction of sp³-hybridized carbons (Fsp3) is 0.600. The van der Waals surface area contributed by atoms with Gasteiger partial charge in [-0.05, 0) is 31.5 Å². The molecule has 4 nitrogen and oxygen atoms in total. The van der Waals surface area contributed by atoms with Crippen LogP contribution in [0.1, 0.15) is 25.5 Å². The molecule has 0 amide bonds. The Hall–Kier alpha value is -1.26. The van der Waals surface area contributed by atoms with Crippen molar-refractivity contribution in [2.75, 3.05) is 26.3 Å². The fourth-order valence-corrected chi connectivity index (χ4v) is 2.57. The van der Waals surface area contributed by atoms with Gasteiger partial charge in [0.2, 0.25) is 0 Å². The lowest BCUT2D eigenvalue weighted by molar-refractivity contribution is -0.125. The van der Waals surface area contributed by atoms with Crippen LogP contribution >= 0.6 is 0 Å². The molecule has 0 spiro atoms. The van der Waals surface area contributed by atoms with Gasteiger partial charge in [0.05, 0.1) is 17.7 Å². The van der Waals surface area contributed by atoms with E-state index in [9.17, 15) is 4.79 Å². The summed E-state index contributed by atoms with van der Waals surface area (Å²) in [7, 11) is 0. The Bertz CT molecular complexity index is 388. The number of aldehydes is 1. The van der Waals surface area contributed by atoms with Crippen LogP contribution < -0.4 is 0 Å². The Morgan fingerprint density at radius 2 is 2.42 bits per heavy atom. The van der Waals surface area contributed by atoms with Crippen molar-refractivity contribution in [3.8, 4) is 0 Å². The molecule has 1 aliphatic rings. The van der Waals surface area contributed by atoms with E-state index in [2.05, 4.69) is 16.8 Å². The summed E-state index contributed by atoms with van der Waals surface area (Å²) < 4.78 is 5.50. The minimum Gasteiger partial charge on any atom is -0.380 e. The molecule has 1 fully saturated rings. The summed E-state index contributed by atoms with van der Waals surface area (Å²) in [5.41, 5.74) is 0.713. The highest BCUT2D eigenvalue weighted by atomic mass is 16.5. The number of aromatic nitrogens is 1. The lowest BCUT2D eigenvalue weighted by atomic mass is 9.83. The first kappa shape index (κ1) is 14.2. The van der Waals surface area contributed by atoms with Crippen molar-refractivity contribution in [2.45, 2.75) is 26.3 Å². The first-order valence-electron chi connectivity index (χ1n) is 6.94. The van der Waals surface area contributed by atoms with Crippen molar-refractivity contribution in [2.24, 2.45) is 5.41 Å². The van der Waals surface area contributed by atoms with E-state index in [0.717, 1.165) is 51.1 Å². The predicted molar refractivity (Wildman–Crippen MR) is 73.7 cm³/mol. The zero-order chi connectivity index (χ0) is 13.6. The summed E-state index contributed by atoms with van der Waals surface area (Å²) in [5.74, 6) is 0. The first-order chi connectivity index (χ1) is 9.28. The smallest absolute Gasteiger partial charge is 0.129 e. The number of carbonyl (C=O) groups excluding carboxylic acids is 1. The lowest BCUT2D eigenvalue weighted by Crippen LogP contribution is -2.44. The largest absolute Gasteiger partial charge is 0.380 e. The van der Waals surface area contributed by atoms with Gasteiger partial charge < -0.3 is 9.53 Å². The van der Waals surface area contributed by atoms with E-state index in [1.807, 2.05) is 24.4 Å². The molecule has 0 N–H and O–H groups in total. The molecule has 2 heterocycles. The van der Waals surface area contributed by atoms with Gasteiger partial charge in [-0.2, -0.15) is 0 Å². The van der Waals surface area contributed by atoms with Crippen molar-refractivity contribution in [1.29, 1.82) is 0 Å². The van der Waals surface area contributed by atoms with E-state index in [1.54, 1.807) is 0 Å². The molecule has 0 bridgehead atoms. The highest BCUT2D eigenvalue weighted by Gasteiger charge is 2.34. The van der Waals surface area contributed by atoms with Crippen LogP contribution in [0.15, 0.2) is 24.4 Å². The van der Waals surface area contributed by atoms with E-state index in [1.165, 1.54) is 0 Å². The molecule has 4 heteroatoms. The molecule has 0 aromatic carbocycles. The summed E-state index contributed by atoms with van der Waals surface area (Å²) in [6.07, 6.45) is 4.80. The Kier molecular flexibility index (Phi) is 5.05. The van der Waals surface area contributed by atoms with Crippen molar-refractivity contribution >= 4 is 6.29 Å². The topological polar surface area (TPSA) is 42.4 Å². The second kappa shape index (κ2) is 6.78. The van der Waals surface area contributed by atoms with Gasteiger partial charge in [0.25, 0.3) is 0 Å². The molecule has 0 aliphatic carbocycles. The molecule has 1 atom stereocenters. The Morgan fingerprint density at radius 1 is 1.53 bits per heavy atom. The number of pyridine rings is 1. The van der Waals surface area contributed by atoms with Gasteiger partial charge in [-0.3, -0.25) is 9.88 Å². The Labute approximate surface area is 114 Å². The average molecular weight is 262 g/mol. The van der Waals surface area contributed by atoms with Crippen LogP contribution in [-0.4, -0.2) is 42.5 Å². The van der Waals surface area contributed by atoms with Crippen LogP contribution in [0.2, 0.25) is 0 Å². The third kappa shape index (κ3) is 3.85. The van der Waals surface area contributed by atoms with Crippen LogP contribution in [0, 0.1) is 5.41 Å². The average Bonchev–Trinajstić information content (AvgIpc) is 2.48. The molecule has 0 saturated carbocycles. The van der Waals surface area contributed by atoms with Gasteiger partial charge in [0.15, 0.2) is 0 Å². The maximum Gasteiger partial charge on any atom is 0.129 e. The van der Waals surface area contributed by atoms with Crippen molar-refractivity contribution in [1.82, 2.24) is 9.88 Å². The van der Waals surface area contributed by atoms with Crippen LogP contribution in [0.25, 0.3) is 0 Å².